The fourth-order valence-electron chi connectivity index (χ4n) is 1.63. The first kappa shape index (κ1) is 13.5. The fourth-order valence-corrected chi connectivity index (χ4v) is 1.63. The predicted octanol–water partition coefficient (Wildman–Crippen LogP) is 2.27. The Morgan fingerprint density at radius 3 is 2.53 bits per heavy atom. The summed E-state index contributed by atoms with van der Waals surface area (Å²) in [4.78, 5) is 4.36. The van der Waals surface area contributed by atoms with Crippen LogP contribution < -0.4 is 10.5 Å². The van der Waals surface area contributed by atoms with Gasteiger partial charge >= 0.3 is 0 Å². The van der Waals surface area contributed by atoms with Crippen LogP contribution >= 0.6 is 0 Å². The van der Waals surface area contributed by atoms with Gasteiger partial charge in [-0.3, -0.25) is 0 Å². The van der Waals surface area contributed by atoms with Crippen LogP contribution in [-0.4, -0.2) is 23.3 Å². The zero-order valence-corrected chi connectivity index (χ0v) is 11.5. The molecular weight excluding hydrogens is 242 g/mol. The summed E-state index contributed by atoms with van der Waals surface area (Å²) < 4.78 is 10.3. The summed E-state index contributed by atoms with van der Waals surface area (Å²) in [5.74, 6) is 2.34. The van der Waals surface area contributed by atoms with Crippen LogP contribution in [0, 0.1) is 5.92 Å². The Balaban J connectivity index is 2.11. The minimum atomic E-state index is 0.0316. The number of hydrogen-bond acceptors (Lipinski definition) is 5. The molecule has 0 bridgehead atoms. The topological polar surface area (TPSA) is 74.2 Å². The largest absolute Gasteiger partial charge is 0.497 e. The van der Waals surface area contributed by atoms with Crippen molar-refractivity contribution in [2.75, 3.05) is 7.11 Å². The highest BCUT2D eigenvalue weighted by molar-refractivity contribution is 5.55. The highest BCUT2D eigenvalue weighted by atomic mass is 16.5. The molecule has 19 heavy (non-hydrogen) atoms. The van der Waals surface area contributed by atoms with Crippen molar-refractivity contribution < 1.29 is 9.26 Å². The highest BCUT2D eigenvalue weighted by Gasteiger charge is 2.14. The third-order valence-corrected chi connectivity index (χ3v) is 3.08. The van der Waals surface area contributed by atoms with E-state index in [1.165, 1.54) is 0 Å². The van der Waals surface area contributed by atoms with Crippen molar-refractivity contribution in [2.45, 2.75) is 26.3 Å². The smallest absolute Gasteiger partial charge is 0.228 e. The van der Waals surface area contributed by atoms with E-state index >= 15 is 0 Å². The number of rotatable bonds is 5. The summed E-state index contributed by atoms with van der Waals surface area (Å²) in [7, 11) is 1.63. The molecule has 1 atom stereocenters. The maximum Gasteiger partial charge on any atom is 0.228 e. The van der Waals surface area contributed by atoms with Gasteiger partial charge in [0, 0.05) is 18.0 Å². The van der Waals surface area contributed by atoms with Gasteiger partial charge in [-0.1, -0.05) is 19.0 Å². The number of hydrogen-bond donors (Lipinski definition) is 1. The lowest BCUT2D eigenvalue weighted by molar-refractivity contribution is 0.353. The summed E-state index contributed by atoms with van der Waals surface area (Å²) in [6, 6.07) is 7.56. The Hall–Kier alpha value is -1.88. The van der Waals surface area contributed by atoms with Gasteiger partial charge in [-0.15, -0.1) is 0 Å². The molecule has 1 aromatic carbocycles. The lowest BCUT2D eigenvalue weighted by atomic mass is 10.0. The molecule has 0 aliphatic carbocycles. The van der Waals surface area contributed by atoms with E-state index in [4.69, 9.17) is 15.0 Å². The van der Waals surface area contributed by atoms with Gasteiger partial charge in [0.05, 0.1) is 7.11 Å². The van der Waals surface area contributed by atoms with Crippen LogP contribution in [0.5, 0.6) is 5.75 Å². The Morgan fingerprint density at radius 2 is 1.95 bits per heavy atom. The van der Waals surface area contributed by atoms with Crippen LogP contribution in [0.4, 0.5) is 0 Å². The Labute approximate surface area is 112 Å². The molecule has 2 aromatic rings. The van der Waals surface area contributed by atoms with E-state index in [0.29, 0.717) is 24.1 Å². The second-order valence-corrected chi connectivity index (χ2v) is 4.85. The van der Waals surface area contributed by atoms with E-state index in [1.807, 2.05) is 24.3 Å². The molecule has 0 aliphatic heterocycles. The van der Waals surface area contributed by atoms with Crippen molar-refractivity contribution >= 4 is 0 Å². The number of ether oxygens (including phenoxy) is 1. The first-order chi connectivity index (χ1) is 9.10. The number of methoxy groups -OCH3 is 1. The van der Waals surface area contributed by atoms with Crippen LogP contribution in [0.15, 0.2) is 28.8 Å². The SMILES string of the molecule is COc1ccc(-c2noc(CC(N)C(C)C)n2)cc1. The number of nitrogens with two attached hydrogens (primary N) is 1. The Morgan fingerprint density at radius 1 is 1.26 bits per heavy atom. The molecule has 0 saturated heterocycles. The lowest BCUT2D eigenvalue weighted by Crippen LogP contribution is -2.28. The molecule has 1 aromatic heterocycles. The zero-order chi connectivity index (χ0) is 13.8. The van der Waals surface area contributed by atoms with E-state index in [1.54, 1.807) is 7.11 Å². The molecule has 0 fully saturated rings. The second-order valence-electron chi connectivity index (χ2n) is 4.85. The molecular formula is C14H19N3O2. The molecule has 1 heterocycles. The minimum Gasteiger partial charge on any atom is -0.497 e. The molecule has 0 radical (unpaired) electrons. The maximum atomic E-state index is 5.99. The van der Waals surface area contributed by atoms with Crippen LogP contribution in [-0.2, 0) is 6.42 Å². The van der Waals surface area contributed by atoms with Crippen molar-refractivity contribution in [1.82, 2.24) is 10.1 Å². The molecule has 2 rings (SSSR count). The summed E-state index contributed by atoms with van der Waals surface area (Å²) >= 11 is 0. The van der Waals surface area contributed by atoms with Gasteiger partial charge in [0.15, 0.2) is 0 Å². The maximum absolute atomic E-state index is 5.99. The quantitative estimate of drug-likeness (QED) is 0.893. The predicted molar refractivity (Wildman–Crippen MR) is 72.8 cm³/mol. The van der Waals surface area contributed by atoms with Crippen LogP contribution in [0.1, 0.15) is 19.7 Å². The number of benzene rings is 1. The second kappa shape index (κ2) is 5.84. The summed E-state index contributed by atoms with van der Waals surface area (Å²) in [6.07, 6.45) is 0.598. The van der Waals surface area contributed by atoms with E-state index in [2.05, 4.69) is 24.0 Å². The van der Waals surface area contributed by atoms with Crippen molar-refractivity contribution in [3.63, 3.8) is 0 Å². The monoisotopic (exact) mass is 261 g/mol. The molecule has 0 spiro atoms. The normalized spacial score (nSPS) is 12.7. The van der Waals surface area contributed by atoms with E-state index in [-0.39, 0.29) is 6.04 Å². The number of aromatic nitrogens is 2. The molecule has 1 unspecified atom stereocenters. The van der Waals surface area contributed by atoms with Crippen molar-refractivity contribution in [1.29, 1.82) is 0 Å². The fraction of sp³-hybridized carbons (Fsp3) is 0.429. The standard InChI is InChI=1S/C14H19N3O2/c1-9(2)12(15)8-13-16-14(17-19-13)10-4-6-11(18-3)7-5-10/h4-7,9,12H,8,15H2,1-3H3. The van der Waals surface area contributed by atoms with Gasteiger partial charge in [-0.2, -0.15) is 4.98 Å². The molecule has 0 aliphatic rings. The molecule has 5 nitrogen and oxygen atoms in total. The third kappa shape index (κ3) is 3.32. The van der Waals surface area contributed by atoms with Gasteiger partial charge in [0.2, 0.25) is 11.7 Å². The number of nitrogens with zero attached hydrogens (tertiary/aromatic N) is 2. The molecule has 0 amide bonds. The molecule has 2 N–H and O–H groups in total. The van der Waals surface area contributed by atoms with E-state index < -0.39 is 0 Å². The lowest BCUT2D eigenvalue weighted by Gasteiger charge is -2.11. The third-order valence-electron chi connectivity index (χ3n) is 3.08. The Bertz CT molecular complexity index is 520. The Kier molecular flexibility index (Phi) is 4.16. The van der Waals surface area contributed by atoms with Crippen molar-refractivity contribution in [2.24, 2.45) is 11.7 Å². The summed E-state index contributed by atoms with van der Waals surface area (Å²) in [6.45, 7) is 4.15. The zero-order valence-electron chi connectivity index (χ0n) is 11.5. The van der Waals surface area contributed by atoms with Gasteiger partial charge in [-0.25, -0.2) is 0 Å². The van der Waals surface area contributed by atoms with Crippen LogP contribution in [0.2, 0.25) is 0 Å². The van der Waals surface area contributed by atoms with Crippen LogP contribution in [0.25, 0.3) is 11.4 Å². The molecule has 0 saturated carbocycles. The average molecular weight is 261 g/mol. The average Bonchev–Trinajstić information content (AvgIpc) is 2.87. The van der Waals surface area contributed by atoms with E-state index in [0.717, 1.165) is 11.3 Å². The van der Waals surface area contributed by atoms with Crippen molar-refractivity contribution in [3.8, 4) is 17.1 Å². The van der Waals surface area contributed by atoms with Gasteiger partial charge in [-0.05, 0) is 30.2 Å². The first-order valence-corrected chi connectivity index (χ1v) is 6.32. The molecule has 5 heteroatoms. The highest BCUT2D eigenvalue weighted by Crippen LogP contribution is 2.20. The van der Waals surface area contributed by atoms with Gasteiger partial charge < -0.3 is 15.0 Å². The molecule has 102 valence electrons. The van der Waals surface area contributed by atoms with Crippen LogP contribution in [0.3, 0.4) is 0 Å². The van der Waals surface area contributed by atoms with Gasteiger partial charge in [0.1, 0.15) is 5.75 Å². The van der Waals surface area contributed by atoms with E-state index in [9.17, 15) is 0 Å². The summed E-state index contributed by atoms with van der Waals surface area (Å²) in [5, 5.41) is 3.97. The van der Waals surface area contributed by atoms with Crippen molar-refractivity contribution in [3.05, 3.63) is 30.2 Å². The summed E-state index contributed by atoms with van der Waals surface area (Å²) in [5.41, 5.74) is 6.89. The first-order valence-electron chi connectivity index (χ1n) is 6.32. The van der Waals surface area contributed by atoms with Gasteiger partial charge in [0.25, 0.3) is 0 Å². The minimum absolute atomic E-state index is 0.0316.